The minimum absolute atomic E-state index is 0.574. The van der Waals surface area contributed by atoms with Crippen LogP contribution in [-0.4, -0.2) is 28.6 Å². The van der Waals surface area contributed by atoms with E-state index in [0.717, 1.165) is 12.3 Å². The van der Waals surface area contributed by atoms with Crippen molar-refractivity contribution in [3.8, 4) is 0 Å². The van der Waals surface area contributed by atoms with E-state index in [9.17, 15) is 13.6 Å². The van der Waals surface area contributed by atoms with Crippen LogP contribution < -0.4 is 0 Å². The Hall–Kier alpha value is -1.39. The van der Waals surface area contributed by atoms with Crippen molar-refractivity contribution in [3.05, 3.63) is 24.4 Å². The first-order chi connectivity index (χ1) is 5.63. The lowest BCUT2D eigenvalue weighted by Gasteiger charge is -2.24. The molecule has 0 aromatic heterocycles. The van der Waals surface area contributed by atoms with E-state index in [1.54, 1.807) is 0 Å². The van der Waals surface area contributed by atoms with Gasteiger partial charge in [0.2, 0.25) is 0 Å². The first kappa shape index (κ1) is 8.70. The van der Waals surface area contributed by atoms with Crippen molar-refractivity contribution in [2.45, 2.75) is 12.5 Å². The molecule has 1 N–H and O–H groups in total. The molecule has 0 saturated heterocycles. The Morgan fingerprint density at radius 2 is 2.17 bits per heavy atom. The standard InChI is InChI=1S/C7H7F2NO2/c8-6(9)5-3-1-2-4-10(5)7(11)12/h1-6H,(H,11,12). The molecule has 0 spiro atoms. The lowest BCUT2D eigenvalue weighted by atomic mass is 10.2. The molecule has 0 saturated carbocycles. The summed E-state index contributed by atoms with van der Waals surface area (Å²) in [6, 6.07) is -1.35. The van der Waals surface area contributed by atoms with Crippen LogP contribution in [0.5, 0.6) is 0 Å². The van der Waals surface area contributed by atoms with E-state index >= 15 is 0 Å². The fourth-order valence-electron chi connectivity index (χ4n) is 0.909. The van der Waals surface area contributed by atoms with Gasteiger partial charge in [-0.25, -0.2) is 13.6 Å². The van der Waals surface area contributed by atoms with Gasteiger partial charge in [0.15, 0.2) is 0 Å². The van der Waals surface area contributed by atoms with Gasteiger partial charge in [-0.05, 0) is 6.08 Å². The Kier molecular flexibility index (Phi) is 2.42. The third-order valence-corrected chi connectivity index (χ3v) is 1.47. The molecule has 1 heterocycles. The van der Waals surface area contributed by atoms with Crippen molar-refractivity contribution in [2.24, 2.45) is 0 Å². The average molecular weight is 175 g/mol. The van der Waals surface area contributed by atoms with E-state index < -0.39 is 18.6 Å². The fraction of sp³-hybridized carbons (Fsp3) is 0.286. The maximum atomic E-state index is 12.1. The molecular formula is C7H7F2NO2. The van der Waals surface area contributed by atoms with Crippen molar-refractivity contribution in [3.63, 3.8) is 0 Å². The summed E-state index contributed by atoms with van der Waals surface area (Å²) in [5, 5.41) is 8.46. The predicted octanol–water partition coefficient (Wildman–Crippen LogP) is 1.68. The van der Waals surface area contributed by atoms with Crippen LogP contribution in [0.15, 0.2) is 24.4 Å². The number of allylic oxidation sites excluding steroid dienone is 2. The van der Waals surface area contributed by atoms with Gasteiger partial charge in [0.25, 0.3) is 6.43 Å². The monoisotopic (exact) mass is 175 g/mol. The Morgan fingerprint density at radius 1 is 1.50 bits per heavy atom. The fourth-order valence-corrected chi connectivity index (χ4v) is 0.909. The normalized spacial score (nSPS) is 21.9. The molecular weight excluding hydrogens is 168 g/mol. The van der Waals surface area contributed by atoms with Crippen LogP contribution in [0, 0.1) is 0 Å². The van der Waals surface area contributed by atoms with Gasteiger partial charge in [0.1, 0.15) is 6.04 Å². The van der Waals surface area contributed by atoms with E-state index in [1.807, 2.05) is 0 Å². The van der Waals surface area contributed by atoms with E-state index in [0.29, 0.717) is 4.90 Å². The molecule has 0 fully saturated rings. The molecule has 12 heavy (non-hydrogen) atoms. The average Bonchev–Trinajstić information content (AvgIpc) is 2.04. The second kappa shape index (κ2) is 3.34. The lowest BCUT2D eigenvalue weighted by molar-refractivity contribution is 0.0664. The maximum absolute atomic E-state index is 12.1. The van der Waals surface area contributed by atoms with Gasteiger partial charge in [-0.1, -0.05) is 12.2 Å². The molecule has 66 valence electrons. The molecule has 3 nitrogen and oxygen atoms in total. The van der Waals surface area contributed by atoms with E-state index in [2.05, 4.69) is 0 Å². The van der Waals surface area contributed by atoms with Crippen LogP contribution in [0.1, 0.15) is 0 Å². The van der Waals surface area contributed by atoms with Crippen molar-refractivity contribution in [2.75, 3.05) is 0 Å². The minimum Gasteiger partial charge on any atom is -0.465 e. The maximum Gasteiger partial charge on any atom is 0.412 e. The molecule has 1 aliphatic heterocycles. The summed E-state index contributed by atoms with van der Waals surface area (Å²) >= 11 is 0. The number of halogens is 2. The summed E-state index contributed by atoms with van der Waals surface area (Å²) in [7, 11) is 0. The molecule has 0 aromatic carbocycles. The highest BCUT2D eigenvalue weighted by molar-refractivity contribution is 5.67. The van der Waals surface area contributed by atoms with Gasteiger partial charge in [0.05, 0.1) is 0 Å². The van der Waals surface area contributed by atoms with Gasteiger partial charge in [-0.2, -0.15) is 0 Å². The molecule has 1 unspecified atom stereocenters. The van der Waals surface area contributed by atoms with Gasteiger partial charge in [0, 0.05) is 6.20 Å². The molecule has 1 aliphatic rings. The first-order valence-corrected chi connectivity index (χ1v) is 3.27. The second-order valence-corrected chi connectivity index (χ2v) is 2.24. The highest BCUT2D eigenvalue weighted by atomic mass is 19.3. The zero-order valence-electron chi connectivity index (χ0n) is 6.02. The number of hydrogen-bond donors (Lipinski definition) is 1. The summed E-state index contributed by atoms with van der Waals surface area (Å²) in [5.41, 5.74) is 0. The molecule has 0 aliphatic carbocycles. The number of carbonyl (C=O) groups is 1. The van der Waals surface area contributed by atoms with Gasteiger partial charge in [-0.3, -0.25) is 4.90 Å². The Morgan fingerprint density at radius 3 is 2.58 bits per heavy atom. The molecule has 0 radical (unpaired) electrons. The van der Waals surface area contributed by atoms with Gasteiger partial charge < -0.3 is 5.11 Å². The summed E-state index contributed by atoms with van der Waals surface area (Å²) in [5.74, 6) is 0. The van der Waals surface area contributed by atoms with Crippen LogP contribution in [0.2, 0.25) is 0 Å². The number of amides is 1. The number of rotatable bonds is 1. The van der Waals surface area contributed by atoms with Crippen LogP contribution in [0.4, 0.5) is 13.6 Å². The van der Waals surface area contributed by atoms with Crippen LogP contribution in [0.25, 0.3) is 0 Å². The number of alkyl halides is 2. The Balaban J connectivity index is 2.77. The summed E-state index contributed by atoms with van der Waals surface area (Å²) < 4.78 is 24.3. The summed E-state index contributed by atoms with van der Waals surface area (Å²) in [4.78, 5) is 11.0. The summed E-state index contributed by atoms with van der Waals surface area (Å²) in [6.07, 6.45) is 0.990. The minimum atomic E-state index is -2.69. The topological polar surface area (TPSA) is 40.5 Å². The zero-order valence-corrected chi connectivity index (χ0v) is 6.02. The first-order valence-electron chi connectivity index (χ1n) is 3.27. The Bertz CT molecular complexity index is 238. The van der Waals surface area contributed by atoms with Crippen LogP contribution in [0.3, 0.4) is 0 Å². The molecule has 1 rings (SSSR count). The third-order valence-electron chi connectivity index (χ3n) is 1.47. The van der Waals surface area contributed by atoms with E-state index in [4.69, 9.17) is 5.11 Å². The predicted molar refractivity (Wildman–Crippen MR) is 37.9 cm³/mol. The zero-order chi connectivity index (χ0) is 9.14. The van der Waals surface area contributed by atoms with Crippen molar-refractivity contribution in [1.82, 2.24) is 4.90 Å². The highest BCUT2D eigenvalue weighted by Gasteiger charge is 2.28. The van der Waals surface area contributed by atoms with E-state index in [-0.39, 0.29) is 0 Å². The molecule has 1 amide bonds. The number of carboxylic acid groups (broad SMARTS) is 1. The van der Waals surface area contributed by atoms with Gasteiger partial charge in [-0.15, -0.1) is 0 Å². The highest BCUT2D eigenvalue weighted by Crippen LogP contribution is 2.15. The largest absolute Gasteiger partial charge is 0.465 e. The molecule has 1 atom stereocenters. The number of hydrogen-bond acceptors (Lipinski definition) is 1. The third kappa shape index (κ3) is 1.61. The van der Waals surface area contributed by atoms with Crippen molar-refractivity contribution < 1.29 is 18.7 Å². The van der Waals surface area contributed by atoms with Crippen molar-refractivity contribution in [1.29, 1.82) is 0 Å². The molecule has 0 aromatic rings. The SMILES string of the molecule is O=C(O)N1C=CC=CC1C(F)F. The van der Waals surface area contributed by atoms with Gasteiger partial charge >= 0.3 is 6.09 Å². The quantitative estimate of drug-likeness (QED) is 0.658. The van der Waals surface area contributed by atoms with E-state index in [1.165, 1.54) is 12.2 Å². The van der Waals surface area contributed by atoms with Crippen molar-refractivity contribution >= 4 is 6.09 Å². The van der Waals surface area contributed by atoms with Crippen LogP contribution in [-0.2, 0) is 0 Å². The van der Waals surface area contributed by atoms with Crippen LogP contribution >= 0.6 is 0 Å². The molecule has 5 heteroatoms. The molecule has 0 bridgehead atoms. The number of nitrogens with zero attached hydrogens (tertiary/aromatic N) is 1. The summed E-state index contributed by atoms with van der Waals surface area (Å²) in [6.45, 7) is 0. The lowest BCUT2D eigenvalue weighted by Crippen LogP contribution is -2.39. The Labute approximate surface area is 67.6 Å². The smallest absolute Gasteiger partial charge is 0.412 e. The second-order valence-electron chi connectivity index (χ2n) is 2.24.